The van der Waals surface area contributed by atoms with Gasteiger partial charge in [-0.25, -0.2) is 4.98 Å². The molecule has 3 aliphatic rings. The second-order valence-electron chi connectivity index (χ2n) is 8.64. The van der Waals surface area contributed by atoms with E-state index in [1.807, 2.05) is 16.8 Å². The maximum atomic E-state index is 13.5. The number of aliphatic hydroxyl groups is 1. The summed E-state index contributed by atoms with van der Waals surface area (Å²) in [6.07, 6.45) is -0.653. The second kappa shape index (κ2) is 9.56. The van der Waals surface area contributed by atoms with Crippen LogP contribution in [-0.4, -0.2) is 84.0 Å². The molecule has 2 atom stereocenters. The van der Waals surface area contributed by atoms with Gasteiger partial charge in [0.25, 0.3) is 6.47 Å². The van der Waals surface area contributed by atoms with Crippen molar-refractivity contribution in [2.75, 3.05) is 56.1 Å². The lowest BCUT2D eigenvalue weighted by atomic mass is 9.71. The van der Waals surface area contributed by atoms with E-state index in [0.717, 1.165) is 44.8 Å². The van der Waals surface area contributed by atoms with Crippen LogP contribution < -0.4 is 9.80 Å². The lowest BCUT2D eigenvalue weighted by molar-refractivity contribution is -0.141. The molecule has 0 radical (unpaired) electrons. The molecule has 0 aliphatic carbocycles. The smallest absolute Gasteiger partial charge is 0.433 e. The third kappa shape index (κ3) is 5.38. The van der Waals surface area contributed by atoms with Gasteiger partial charge in [-0.15, -0.1) is 0 Å². The molecule has 0 amide bonds. The number of aromatic nitrogens is 2. The molecule has 3 saturated heterocycles. The Morgan fingerprint density at radius 3 is 2.39 bits per heavy atom. The first kappa shape index (κ1) is 23.5. The van der Waals surface area contributed by atoms with E-state index in [-0.39, 0.29) is 17.8 Å². The van der Waals surface area contributed by atoms with E-state index in [4.69, 9.17) is 9.90 Å². The summed E-state index contributed by atoms with van der Waals surface area (Å²) in [5.74, 6) is 0.493. The van der Waals surface area contributed by atoms with Crippen LogP contribution in [0.2, 0.25) is 0 Å². The molecule has 2 N–H and O–H groups in total. The summed E-state index contributed by atoms with van der Waals surface area (Å²) in [5, 5.41) is 17.6. The fourth-order valence-electron chi connectivity index (χ4n) is 4.92. The SMILES string of the molecule is CN1CC[C@H](O)[C@@]2(CCCN(c3cc(C(F)(F)F)nc(N4CCCC4)n3)C2)C1.O=CO. The van der Waals surface area contributed by atoms with Crippen molar-refractivity contribution in [1.82, 2.24) is 14.9 Å². The van der Waals surface area contributed by atoms with Gasteiger partial charge < -0.3 is 24.9 Å². The molecule has 8 nitrogen and oxygen atoms in total. The van der Waals surface area contributed by atoms with Crippen molar-refractivity contribution in [2.45, 2.75) is 44.4 Å². The van der Waals surface area contributed by atoms with Gasteiger partial charge in [-0.05, 0) is 39.2 Å². The minimum Gasteiger partial charge on any atom is -0.483 e. The van der Waals surface area contributed by atoms with Gasteiger partial charge in [0.05, 0.1) is 6.10 Å². The Balaban J connectivity index is 0.000000858. The number of aliphatic hydroxyl groups excluding tert-OH is 1. The fourth-order valence-corrected chi connectivity index (χ4v) is 4.92. The summed E-state index contributed by atoms with van der Waals surface area (Å²) in [7, 11) is 2.03. The monoisotopic (exact) mass is 445 g/mol. The summed E-state index contributed by atoms with van der Waals surface area (Å²) in [5.41, 5.74) is -1.21. The highest BCUT2D eigenvalue weighted by molar-refractivity contribution is 5.48. The molecule has 31 heavy (non-hydrogen) atoms. The quantitative estimate of drug-likeness (QED) is 0.669. The average molecular weight is 445 g/mol. The van der Waals surface area contributed by atoms with Crippen molar-refractivity contribution in [3.63, 3.8) is 0 Å². The van der Waals surface area contributed by atoms with E-state index in [9.17, 15) is 18.3 Å². The van der Waals surface area contributed by atoms with Gasteiger partial charge in [0.2, 0.25) is 5.95 Å². The first-order chi connectivity index (χ1) is 14.7. The lowest BCUT2D eigenvalue weighted by Crippen LogP contribution is -2.58. The van der Waals surface area contributed by atoms with Gasteiger partial charge in [0, 0.05) is 50.7 Å². The van der Waals surface area contributed by atoms with E-state index in [1.54, 1.807) is 0 Å². The van der Waals surface area contributed by atoms with Crippen LogP contribution in [0, 0.1) is 5.41 Å². The normalized spacial score (nSPS) is 27.2. The van der Waals surface area contributed by atoms with Crippen molar-refractivity contribution < 1.29 is 28.2 Å². The molecule has 0 saturated carbocycles. The molecule has 1 spiro atoms. The highest BCUT2D eigenvalue weighted by Gasteiger charge is 2.45. The van der Waals surface area contributed by atoms with Crippen LogP contribution in [0.1, 0.15) is 37.8 Å². The maximum absolute atomic E-state index is 13.5. The molecule has 1 aromatic heterocycles. The molecule has 4 heterocycles. The number of carboxylic acid groups (broad SMARTS) is 1. The molecule has 3 aliphatic heterocycles. The zero-order valence-electron chi connectivity index (χ0n) is 17.7. The van der Waals surface area contributed by atoms with E-state index in [2.05, 4.69) is 14.9 Å². The molecule has 11 heteroatoms. The standard InChI is InChI=1S/C19H28F3N5O.CH2O2/c1-25-10-5-15(28)18(12-25)6-4-9-27(13-18)16-11-14(19(20,21)22)23-17(24-16)26-7-2-3-8-26;2-1-3/h11,15,28H,2-10,12-13H2,1H3;1H,(H,2,3)/t15-,18-;/m0./s1. The number of hydrogen-bond acceptors (Lipinski definition) is 7. The van der Waals surface area contributed by atoms with Gasteiger partial charge in [-0.3, -0.25) is 4.79 Å². The second-order valence-corrected chi connectivity index (χ2v) is 8.64. The average Bonchev–Trinajstić information content (AvgIpc) is 3.26. The van der Waals surface area contributed by atoms with Gasteiger partial charge in [-0.1, -0.05) is 0 Å². The molecule has 1 aromatic rings. The number of carbonyl (C=O) groups is 1. The number of rotatable bonds is 2. The first-order valence-electron chi connectivity index (χ1n) is 10.6. The maximum Gasteiger partial charge on any atom is 0.433 e. The summed E-state index contributed by atoms with van der Waals surface area (Å²) in [6.45, 7) is 3.88. The highest BCUT2D eigenvalue weighted by atomic mass is 19.4. The van der Waals surface area contributed by atoms with Crippen molar-refractivity contribution in [2.24, 2.45) is 5.41 Å². The van der Waals surface area contributed by atoms with Crippen molar-refractivity contribution in [1.29, 1.82) is 0 Å². The van der Waals surface area contributed by atoms with Crippen LogP contribution in [-0.2, 0) is 11.0 Å². The van der Waals surface area contributed by atoms with E-state index in [0.29, 0.717) is 38.4 Å². The van der Waals surface area contributed by atoms with Crippen molar-refractivity contribution >= 4 is 18.2 Å². The highest BCUT2D eigenvalue weighted by Crippen LogP contribution is 2.40. The minimum atomic E-state index is -4.51. The number of nitrogens with zero attached hydrogens (tertiary/aromatic N) is 5. The Labute approximate surface area is 179 Å². The number of hydrogen-bond donors (Lipinski definition) is 2. The van der Waals surface area contributed by atoms with Crippen LogP contribution in [0.4, 0.5) is 24.9 Å². The molecule has 3 fully saturated rings. The molecule has 174 valence electrons. The van der Waals surface area contributed by atoms with Crippen LogP contribution in [0.25, 0.3) is 0 Å². The van der Waals surface area contributed by atoms with E-state index >= 15 is 0 Å². The Morgan fingerprint density at radius 2 is 1.74 bits per heavy atom. The summed E-state index contributed by atoms with van der Waals surface area (Å²) in [6, 6.07) is 1.07. The largest absolute Gasteiger partial charge is 0.483 e. The summed E-state index contributed by atoms with van der Waals surface area (Å²) in [4.78, 5) is 22.7. The first-order valence-corrected chi connectivity index (χ1v) is 10.6. The predicted octanol–water partition coefficient (Wildman–Crippen LogP) is 2.08. The molecule has 0 aromatic carbocycles. The van der Waals surface area contributed by atoms with Crippen LogP contribution in [0.15, 0.2) is 6.07 Å². The Morgan fingerprint density at radius 1 is 1.10 bits per heavy atom. The summed E-state index contributed by atoms with van der Waals surface area (Å²) < 4.78 is 40.5. The zero-order chi connectivity index (χ0) is 22.6. The topological polar surface area (TPSA) is 93.0 Å². The zero-order valence-corrected chi connectivity index (χ0v) is 17.7. The molecule has 4 rings (SSSR count). The lowest BCUT2D eigenvalue weighted by Gasteiger charge is -2.50. The van der Waals surface area contributed by atoms with E-state index < -0.39 is 18.0 Å². The third-order valence-corrected chi connectivity index (χ3v) is 6.39. The molecule has 0 bridgehead atoms. The van der Waals surface area contributed by atoms with Crippen LogP contribution >= 0.6 is 0 Å². The Bertz CT molecular complexity index is 760. The van der Waals surface area contributed by atoms with Gasteiger partial charge in [0.1, 0.15) is 5.82 Å². The third-order valence-electron chi connectivity index (χ3n) is 6.39. The minimum absolute atomic E-state index is 0.170. The van der Waals surface area contributed by atoms with Crippen LogP contribution in [0.3, 0.4) is 0 Å². The van der Waals surface area contributed by atoms with Crippen LogP contribution in [0.5, 0.6) is 0 Å². The number of halogens is 3. The van der Waals surface area contributed by atoms with Crippen molar-refractivity contribution in [3.8, 4) is 0 Å². The molecular formula is C20H30F3N5O3. The van der Waals surface area contributed by atoms with E-state index in [1.165, 1.54) is 0 Å². The molecule has 0 unspecified atom stereocenters. The number of piperidine rings is 2. The Hall–Kier alpha value is -2.14. The van der Waals surface area contributed by atoms with Crippen molar-refractivity contribution in [3.05, 3.63) is 11.8 Å². The molecular weight excluding hydrogens is 415 g/mol. The van der Waals surface area contributed by atoms with Gasteiger partial charge >= 0.3 is 6.18 Å². The predicted molar refractivity (Wildman–Crippen MR) is 109 cm³/mol. The number of likely N-dealkylation sites (tertiary alicyclic amines) is 1. The fraction of sp³-hybridized carbons (Fsp3) is 0.750. The Kier molecular flexibility index (Phi) is 7.25. The summed E-state index contributed by atoms with van der Waals surface area (Å²) >= 11 is 0. The van der Waals surface area contributed by atoms with Gasteiger partial charge in [-0.2, -0.15) is 18.2 Å². The van der Waals surface area contributed by atoms with Gasteiger partial charge in [0.15, 0.2) is 5.69 Å². The number of anilines is 2. The number of alkyl halides is 3.